The van der Waals surface area contributed by atoms with Crippen LogP contribution in [0.2, 0.25) is 0 Å². The van der Waals surface area contributed by atoms with Gasteiger partial charge in [-0.25, -0.2) is 4.39 Å². The molecule has 4 rings (SSSR count). The molecule has 0 unspecified atom stereocenters. The summed E-state index contributed by atoms with van der Waals surface area (Å²) in [5, 5.41) is 0. The van der Waals surface area contributed by atoms with Crippen molar-refractivity contribution in [3.8, 4) is 0 Å². The second kappa shape index (κ2) is 10.4. The van der Waals surface area contributed by atoms with Gasteiger partial charge in [0.15, 0.2) is 0 Å². The summed E-state index contributed by atoms with van der Waals surface area (Å²) >= 11 is 0. The van der Waals surface area contributed by atoms with Crippen molar-refractivity contribution < 1.29 is 13.9 Å². The van der Waals surface area contributed by atoms with Gasteiger partial charge in [0.25, 0.3) is 5.91 Å². The first kappa shape index (κ1) is 22.0. The quantitative estimate of drug-likeness (QED) is 0.648. The molecule has 0 aromatic heterocycles. The summed E-state index contributed by atoms with van der Waals surface area (Å²) in [6.45, 7) is 7.32. The summed E-state index contributed by atoms with van der Waals surface area (Å²) in [4.78, 5) is 17.6. The zero-order valence-corrected chi connectivity index (χ0v) is 18.4. The lowest BCUT2D eigenvalue weighted by Crippen LogP contribution is -2.43. The number of hydrogen-bond acceptors (Lipinski definition) is 3. The van der Waals surface area contributed by atoms with Gasteiger partial charge in [0, 0.05) is 31.8 Å². The fourth-order valence-corrected chi connectivity index (χ4v) is 4.75. The van der Waals surface area contributed by atoms with Crippen molar-refractivity contribution in [2.45, 2.75) is 45.3 Å². The molecule has 4 nitrogen and oxygen atoms in total. The number of rotatable bonds is 7. The topological polar surface area (TPSA) is 32.8 Å². The Morgan fingerprint density at radius 3 is 2.61 bits per heavy atom. The fraction of sp³-hybridized carbons (Fsp3) is 0.500. The van der Waals surface area contributed by atoms with Crippen LogP contribution in [0, 0.1) is 18.7 Å². The lowest BCUT2D eigenvalue weighted by Gasteiger charge is -2.36. The van der Waals surface area contributed by atoms with E-state index in [1.54, 1.807) is 12.1 Å². The third-order valence-electron chi connectivity index (χ3n) is 6.65. The summed E-state index contributed by atoms with van der Waals surface area (Å²) in [7, 11) is 0. The highest BCUT2D eigenvalue weighted by Crippen LogP contribution is 2.23. The second-order valence-corrected chi connectivity index (χ2v) is 9.00. The molecule has 0 radical (unpaired) electrons. The van der Waals surface area contributed by atoms with Gasteiger partial charge < -0.3 is 9.64 Å². The van der Waals surface area contributed by atoms with Crippen molar-refractivity contribution >= 4 is 5.91 Å². The Bertz CT molecular complexity index is 873. The smallest absolute Gasteiger partial charge is 0.254 e. The molecule has 5 heteroatoms. The van der Waals surface area contributed by atoms with E-state index in [-0.39, 0.29) is 17.8 Å². The molecule has 2 aromatic rings. The number of piperidine rings is 1. The molecule has 0 aliphatic carbocycles. The van der Waals surface area contributed by atoms with Gasteiger partial charge in [-0.1, -0.05) is 30.3 Å². The molecule has 31 heavy (non-hydrogen) atoms. The highest BCUT2D eigenvalue weighted by atomic mass is 19.1. The monoisotopic (exact) mass is 424 g/mol. The van der Waals surface area contributed by atoms with Crippen LogP contribution in [-0.2, 0) is 11.3 Å². The fourth-order valence-electron chi connectivity index (χ4n) is 4.75. The van der Waals surface area contributed by atoms with Crippen molar-refractivity contribution in [1.82, 2.24) is 9.80 Å². The molecule has 2 aliphatic rings. The molecule has 2 aromatic carbocycles. The normalized spacial score (nSPS) is 20.1. The largest absolute Gasteiger partial charge is 0.376 e. The Kier molecular flexibility index (Phi) is 7.36. The molecule has 2 fully saturated rings. The van der Waals surface area contributed by atoms with Crippen molar-refractivity contribution in [3.05, 3.63) is 71.0 Å². The summed E-state index contributed by atoms with van der Waals surface area (Å²) in [5.74, 6) is 0.0109. The number of likely N-dealkylation sites (tertiary alicyclic amines) is 1. The van der Waals surface area contributed by atoms with E-state index >= 15 is 0 Å². The van der Waals surface area contributed by atoms with E-state index < -0.39 is 0 Å². The van der Waals surface area contributed by atoms with Crippen LogP contribution in [-0.4, -0.2) is 54.6 Å². The number of nitrogens with zero attached hydrogens (tertiary/aromatic N) is 2. The first-order chi connectivity index (χ1) is 15.1. The average Bonchev–Trinajstić information content (AvgIpc) is 3.29. The predicted molar refractivity (Wildman–Crippen MR) is 120 cm³/mol. The average molecular weight is 425 g/mol. The second-order valence-electron chi connectivity index (χ2n) is 9.00. The van der Waals surface area contributed by atoms with E-state index in [2.05, 4.69) is 36.1 Å². The van der Waals surface area contributed by atoms with Gasteiger partial charge in [0.05, 0.1) is 6.10 Å². The summed E-state index contributed by atoms with van der Waals surface area (Å²) in [6, 6.07) is 14.6. The van der Waals surface area contributed by atoms with Gasteiger partial charge in [-0.3, -0.25) is 9.69 Å². The minimum Gasteiger partial charge on any atom is -0.376 e. The molecule has 0 N–H and O–H groups in total. The van der Waals surface area contributed by atoms with Gasteiger partial charge in [0.2, 0.25) is 0 Å². The Hall–Kier alpha value is -2.24. The van der Waals surface area contributed by atoms with Crippen LogP contribution in [0.15, 0.2) is 48.5 Å². The van der Waals surface area contributed by atoms with E-state index in [0.717, 1.165) is 51.9 Å². The number of amides is 1. The van der Waals surface area contributed by atoms with E-state index in [1.165, 1.54) is 23.3 Å². The van der Waals surface area contributed by atoms with Crippen molar-refractivity contribution in [2.75, 3.05) is 32.8 Å². The molecule has 0 spiro atoms. The summed E-state index contributed by atoms with van der Waals surface area (Å²) in [6.07, 6.45) is 4.28. The Labute approximate surface area is 185 Å². The molecule has 1 atom stereocenters. The van der Waals surface area contributed by atoms with Crippen LogP contribution in [0.1, 0.15) is 47.2 Å². The Balaban J connectivity index is 1.36. The lowest BCUT2D eigenvalue weighted by atomic mass is 9.95. The zero-order chi connectivity index (χ0) is 21.6. The van der Waals surface area contributed by atoms with Gasteiger partial charge in [0.1, 0.15) is 5.82 Å². The van der Waals surface area contributed by atoms with Gasteiger partial charge >= 0.3 is 0 Å². The van der Waals surface area contributed by atoms with Gasteiger partial charge in [-0.2, -0.15) is 0 Å². The SMILES string of the molecule is Cc1ccccc1CN1CCC(CN(C[C@@H]2CCCO2)C(=O)c2cccc(F)c2)CC1. The first-order valence-electron chi connectivity index (χ1n) is 11.5. The number of aryl methyl sites for hydroxylation is 1. The number of benzene rings is 2. The maximum Gasteiger partial charge on any atom is 0.254 e. The zero-order valence-electron chi connectivity index (χ0n) is 18.4. The number of ether oxygens (including phenoxy) is 1. The molecular weight excluding hydrogens is 391 g/mol. The van der Waals surface area contributed by atoms with Crippen LogP contribution in [0.4, 0.5) is 4.39 Å². The first-order valence-corrected chi connectivity index (χ1v) is 11.5. The highest BCUT2D eigenvalue weighted by molar-refractivity contribution is 5.94. The van der Waals surface area contributed by atoms with Crippen LogP contribution >= 0.6 is 0 Å². The van der Waals surface area contributed by atoms with Crippen molar-refractivity contribution in [3.63, 3.8) is 0 Å². The number of halogens is 1. The minimum atomic E-state index is -0.368. The van der Waals surface area contributed by atoms with E-state index in [0.29, 0.717) is 24.6 Å². The number of carbonyl (C=O) groups is 1. The number of carbonyl (C=O) groups excluding carboxylic acids is 1. The lowest BCUT2D eigenvalue weighted by molar-refractivity contribution is 0.0444. The molecule has 166 valence electrons. The Morgan fingerprint density at radius 1 is 1.10 bits per heavy atom. The molecule has 1 amide bonds. The number of hydrogen-bond donors (Lipinski definition) is 0. The third kappa shape index (κ3) is 5.92. The van der Waals surface area contributed by atoms with Crippen LogP contribution in [0.5, 0.6) is 0 Å². The van der Waals surface area contributed by atoms with E-state index in [1.807, 2.05) is 4.90 Å². The van der Waals surface area contributed by atoms with Crippen molar-refractivity contribution in [2.24, 2.45) is 5.92 Å². The Morgan fingerprint density at radius 2 is 1.90 bits per heavy atom. The van der Waals surface area contributed by atoms with Crippen molar-refractivity contribution in [1.29, 1.82) is 0 Å². The molecule has 2 saturated heterocycles. The van der Waals surface area contributed by atoms with Gasteiger partial charge in [-0.05, 0) is 80.9 Å². The third-order valence-corrected chi connectivity index (χ3v) is 6.65. The molecule has 0 saturated carbocycles. The maximum absolute atomic E-state index is 13.7. The van der Waals surface area contributed by atoms with Crippen LogP contribution in [0.25, 0.3) is 0 Å². The van der Waals surface area contributed by atoms with E-state index in [9.17, 15) is 9.18 Å². The molecule has 2 aliphatic heterocycles. The summed E-state index contributed by atoms with van der Waals surface area (Å²) < 4.78 is 19.5. The molecule has 0 bridgehead atoms. The standard InChI is InChI=1S/C26H33FN2O2/c1-20-6-2-3-7-23(20)18-28-13-11-21(12-14-28)17-29(19-25-10-5-15-31-25)26(30)22-8-4-9-24(27)16-22/h2-4,6-9,16,21,25H,5,10-15,17-19H2,1H3/t25-/m0/s1. The maximum atomic E-state index is 13.7. The van der Waals surface area contributed by atoms with Crippen LogP contribution < -0.4 is 0 Å². The predicted octanol–water partition coefficient (Wildman–Crippen LogP) is 4.67. The summed E-state index contributed by atoms with van der Waals surface area (Å²) in [5.41, 5.74) is 3.16. The minimum absolute atomic E-state index is 0.0858. The highest BCUT2D eigenvalue weighted by Gasteiger charge is 2.28. The van der Waals surface area contributed by atoms with Crippen LogP contribution in [0.3, 0.4) is 0 Å². The van der Waals surface area contributed by atoms with E-state index in [4.69, 9.17) is 4.74 Å². The molecular formula is C26H33FN2O2. The van der Waals surface area contributed by atoms with Gasteiger partial charge in [-0.15, -0.1) is 0 Å². The molecule has 2 heterocycles.